The van der Waals surface area contributed by atoms with Crippen molar-refractivity contribution in [3.8, 4) is 0 Å². The van der Waals surface area contributed by atoms with Crippen LogP contribution >= 0.6 is 23.2 Å². The summed E-state index contributed by atoms with van der Waals surface area (Å²) in [7, 11) is 0. The molecule has 1 aromatic heterocycles. The first kappa shape index (κ1) is 17.0. The van der Waals surface area contributed by atoms with Gasteiger partial charge in [-0.1, -0.05) is 29.3 Å². The van der Waals surface area contributed by atoms with E-state index in [-0.39, 0.29) is 12.0 Å². The van der Waals surface area contributed by atoms with Gasteiger partial charge in [0.05, 0.1) is 27.4 Å². The Kier molecular flexibility index (Phi) is 5.56. The molecule has 2 N–H and O–H groups in total. The van der Waals surface area contributed by atoms with Gasteiger partial charge in [-0.05, 0) is 37.1 Å². The van der Waals surface area contributed by atoms with E-state index in [0.29, 0.717) is 33.7 Å². The molecule has 0 bridgehead atoms. The van der Waals surface area contributed by atoms with E-state index in [1.807, 2.05) is 0 Å². The van der Waals surface area contributed by atoms with Crippen LogP contribution in [0.1, 0.15) is 23.2 Å². The standard InChI is InChI=1S/C17H17Cl2N3O2/c18-13-4-1-5-14(19)16(13)22-15-7-6-11(9-20-15)17(23)21-10-12-3-2-8-24-12/h1,4-7,9,12H,2-3,8,10H2,(H,20,22)(H,21,23). The Morgan fingerprint density at radius 2 is 2.04 bits per heavy atom. The average molecular weight is 366 g/mol. The number of aromatic nitrogens is 1. The van der Waals surface area contributed by atoms with E-state index in [2.05, 4.69) is 15.6 Å². The fraction of sp³-hybridized carbons (Fsp3) is 0.294. The minimum absolute atomic E-state index is 0.116. The number of halogens is 2. The van der Waals surface area contributed by atoms with Gasteiger partial charge < -0.3 is 15.4 Å². The minimum Gasteiger partial charge on any atom is -0.376 e. The molecule has 5 nitrogen and oxygen atoms in total. The predicted molar refractivity (Wildman–Crippen MR) is 95.3 cm³/mol. The largest absolute Gasteiger partial charge is 0.376 e. The van der Waals surface area contributed by atoms with Crippen molar-refractivity contribution in [1.82, 2.24) is 10.3 Å². The number of rotatable bonds is 5. The number of nitrogens with one attached hydrogen (secondary N) is 2. The van der Waals surface area contributed by atoms with Crippen molar-refractivity contribution in [3.63, 3.8) is 0 Å². The highest BCUT2D eigenvalue weighted by molar-refractivity contribution is 6.39. The summed E-state index contributed by atoms with van der Waals surface area (Å²) in [6.45, 7) is 1.29. The van der Waals surface area contributed by atoms with E-state index >= 15 is 0 Å². The Morgan fingerprint density at radius 1 is 1.25 bits per heavy atom. The van der Waals surface area contributed by atoms with Crippen LogP contribution in [-0.2, 0) is 4.74 Å². The Morgan fingerprint density at radius 3 is 2.67 bits per heavy atom. The first-order valence-corrected chi connectivity index (χ1v) is 8.46. The maximum absolute atomic E-state index is 12.1. The first-order valence-electron chi connectivity index (χ1n) is 7.70. The highest BCUT2D eigenvalue weighted by Gasteiger charge is 2.16. The monoisotopic (exact) mass is 365 g/mol. The lowest BCUT2D eigenvalue weighted by Crippen LogP contribution is -2.31. The molecule has 1 saturated heterocycles. The van der Waals surface area contributed by atoms with Crippen LogP contribution in [-0.4, -0.2) is 30.1 Å². The maximum Gasteiger partial charge on any atom is 0.252 e. The van der Waals surface area contributed by atoms with Crippen LogP contribution < -0.4 is 10.6 Å². The fourth-order valence-electron chi connectivity index (χ4n) is 2.46. The van der Waals surface area contributed by atoms with Crippen LogP contribution in [0.15, 0.2) is 36.5 Å². The van der Waals surface area contributed by atoms with Gasteiger partial charge in [0.2, 0.25) is 0 Å². The quantitative estimate of drug-likeness (QED) is 0.838. The summed E-state index contributed by atoms with van der Waals surface area (Å²) < 4.78 is 5.48. The van der Waals surface area contributed by atoms with E-state index in [4.69, 9.17) is 27.9 Å². The SMILES string of the molecule is O=C(NCC1CCCO1)c1ccc(Nc2c(Cl)cccc2Cl)nc1. The number of para-hydroxylation sites is 1. The van der Waals surface area contributed by atoms with Crippen molar-refractivity contribution in [2.24, 2.45) is 0 Å². The zero-order valence-corrected chi connectivity index (χ0v) is 14.4. The molecule has 0 spiro atoms. The minimum atomic E-state index is -0.166. The molecule has 0 aliphatic carbocycles. The van der Waals surface area contributed by atoms with Crippen molar-refractivity contribution in [2.75, 3.05) is 18.5 Å². The van der Waals surface area contributed by atoms with Crippen LogP contribution in [0.2, 0.25) is 10.0 Å². The van der Waals surface area contributed by atoms with Gasteiger partial charge >= 0.3 is 0 Å². The number of amides is 1. The third kappa shape index (κ3) is 4.17. The molecule has 2 aromatic rings. The number of ether oxygens (including phenoxy) is 1. The molecule has 1 aliphatic rings. The van der Waals surface area contributed by atoms with Gasteiger partial charge in [-0.25, -0.2) is 4.98 Å². The van der Waals surface area contributed by atoms with E-state index in [9.17, 15) is 4.79 Å². The topological polar surface area (TPSA) is 63.2 Å². The number of carbonyl (C=O) groups is 1. The lowest BCUT2D eigenvalue weighted by molar-refractivity contribution is 0.0857. The lowest BCUT2D eigenvalue weighted by Gasteiger charge is -2.12. The molecule has 7 heteroatoms. The van der Waals surface area contributed by atoms with Gasteiger partial charge in [-0.3, -0.25) is 4.79 Å². The predicted octanol–water partition coefficient (Wildman–Crippen LogP) is 4.04. The van der Waals surface area contributed by atoms with Gasteiger partial charge in [0.15, 0.2) is 0 Å². The number of nitrogens with zero attached hydrogens (tertiary/aromatic N) is 1. The molecule has 1 aliphatic heterocycles. The summed E-state index contributed by atoms with van der Waals surface area (Å²) in [6.07, 6.45) is 3.66. The number of pyridine rings is 1. The molecule has 1 unspecified atom stereocenters. The second-order valence-corrected chi connectivity index (χ2v) is 6.31. The molecule has 1 aromatic carbocycles. The van der Waals surface area contributed by atoms with Gasteiger partial charge in [-0.2, -0.15) is 0 Å². The van der Waals surface area contributed by atoms with E-state index in [1.54, 1.807) is 30.3 Å². The van der Waals surface area contributed by atoms with Crippen LogP contribution in [0.25, 0.3) is 0 Å². The summed E-state index contributed by atoms with van der Waals surface area (Å²) in [5, 5.41) is 6.92. The van der Waals surface area contributed by atoms with Crippen molar-refractivity contribution in [3.05, 3.63) is 52.1 Å². The van der Waals surface area contributed by atoms with Gasteiger partial charge in [0.25, 0.3) is 5.91 Å². The third-order valence-electron chi connectivity index (χ3n) is 3.76. The van der Waals surface area contributed by atoms with E-state index < -0.39 is 0 Å². The number of anilines is 2. The second-order valence-electron chi connectivity index (χ2n) is 5.50. The molecule has 3 rings (SSSR count). The third-order valence-corrected chi connectivity index (χ3v) is 4.39. The van der Waals surface area contributed by atoms with Gasteiger partial charge in [0.1, 0.15) is 5.82 Å². The Balaban J connectivity index is 1.61. The molecule has 1 amide bonds. The van der Waals surface area contributed by atoms with E-state index in [1.165, 1.54) is 6.20 Å². The molecular weight excluding hydrogens is 349 g/mol. The highest BCUT2D eigenvalue weighted by Crippen LogP contribution is 2.31. The van der Waals surface area contributed by atoms with Crippen molar-refractivity contribution in [2.45, 2.75) is 18.9 Å². The molecule has 2 heterocycles. The number of hydrogen-bond donors (Lipinski definition) is 2. The summed E-state index contributed by atoms with van der Waals surface area (Å²) in [6, 6.07) is 8.65. The smallest absolute Gasteiger partial charge is 0.252 e. The molecule has 0 saturated carbocycles. The summed E-state index contributed by atoms with van der Waals surface area (Å²) in [5.74, 6) is 0.390. The second kappa shape index (κ2) is 7.83. The Hall–Kier alpha value is -1.82. The van der Waals surface area contributed by atoms with Crippen molar-refractivity contribution >= 4 is 40.6 Å². The summed E-state index contributed by atoms with van der Waals surface area (Å²) in [4.78, 5) is 16.3. The van der Waals surface area contributed by atoms with E-state index in [0.717, 1.165) is 19.4 Å². The van der Waals surface area contributed by atoms with Crippen LogP contribution in [0.3, 0.4) is 0 Å². The van der Waals surface area contributed by atoms with Gasteiger partial charge in [0, 0.05) is 19.3 Å². The van der Waals surface area contributed by atoms with Crippen molar-refractivity contribution < 1.29 is 9.53 Å². The molecule has 1 fully saturated rings. The zero-order valence-electron chi connectivity index (χ0n) is 12.9. The van der Waals surface area contributed by atoms with Gasteiger partial charge in [-0.15, -0.1) is 0 Å². The number of hydrogen-bond acceptors (Lipinski definition) is 4. The number of benzene rings is 1. The summed E-state index contributed by atoms with van der Waals surface area (Å²) >= 11 is 12.2. The normalized spacial score (nSPS) is 16.8. The first-order chi connectivity index (χ1) is 11.6. The average Bonchev–Trinajstić information content (AvgIpc) is 3.10. The van der Waals surface area contributed by atoms with Crippen LogP contribution in [0.5, 0.6) is 0 Å². The molecule has 126 valence electrons. The molecule has 0 radical (unpaired) electrons. The lowest BCUT2D eigenvalue weighted by atomic mass is 10.2. The zero-order chi connectivity index (χ0) is 16.9. The maximum atomic E-state index is 12.1. The Bertz CT molecular complexity index is 696. The molecular formula is C17H17Cl2N3O2. The van der Waals surface area contributed by atoms with Crippen molar-refractivity contribution in [1.29, 1.82) is 0 Å². The highest BCUT2D eigenvalue weighted by atomic mass is 35.5. The van der Waals surface area contributed by atoms with Crippen LogP contribution in [0.4, 0.5) is 11.5 Å². The Labute approximate surface area is 150 Å². The number of carbonyl (C=O) groups excluding carboxylic acids is 1. The molecule has 1 atom stereocenters. The fourth-order valence-corrected chi connectivity index (χ4v) is 2.95. The summed E-state index contributed by atoms with van der Waals surface area (Å²) in [5.41, 5.74) is 1.08. The van der Waals surface area contributed by atoms with Crippen LogP contribution in [0, 0.1) is 0 Å². The molecule has 24 heavy (non-hydrogen) atoms.